The van der Waals surface area contributed by atoms with E-state index in [1.165, 1.54) is 5.57 Å². The van der Waals surface area contributed by atoms with Gasteiger partial charge < -0.3 is 10.5 Å². The molecule has 3 aliphatic carbocycles. The highest BCUT2D eigenvalue weighted by Crippen LogP contribution is 2.74. The smallest absolute Gasteiger partial charge is 0.134 e. The molecule has 0 amide bonds. The Kier molecular flexibility index (Phi) is 8.99. The zero-order chi connectivity index (χ0) is 32.7. The van der Waals surface area contributed by atoms with Crippen molar-refractivity contribution in [2.24, 2.45) is 61.9 Å². The zero-order valence-electron chi connectivity index (χ0n) is 30.5. The molecule has 2 radical (unpaired) electrons. The van der Waals surface area contributed by atoms with Gasteiger partial charge in [0.2, 0.25) is 0 Å². The first-order valence-corrected chi connectivity index (χ1v) is 16.7. The fourth-order valence-electron chi connectivity index (χ4n) is 13.2. The lowest BCUT2D eigenvalue weighted by Gasteiger charge is -2.69. The Morgan fingerprint density at radius 3 is 1.98 bits per heavy atom. The lowest BCUT2D eigenvalue weighted by molar-refractivity contribution is -0.125. The second-order valence-corrected chi connectivity index (χ2v) is 19.0. The lowest BCUT2D eigenvalue weighted by atomic mass is 9.34. The summed E-state index contributed by atoms with van der Waals surface area (Å²) in [6.45, 7) is 35.9. The summed E-state index contributed by atoms with van der Waals surface area (Å²) in [7, 11) is 9.66. The van der Waals surface area contributed by atoms with Crippen molar-refractivity contribution >= 4 is 13.6 Å². The summed E-state index contributed by atoms with van der Waals surface area (Å²) < 4.78 is 6.47. The molecule has 0 saturated heterocycles. The first-order chi connectivity index (χ1) is 18.7. The molecule has 1 fully saturated rings. The van der Waals surface area contributed by atoms with E-state index in [1.54, 1.807) is 12.5 Å². The quantitative estimate of drug-likeness (QED) is 0.241. The van der Waals surface area contributed by atoms with Gasteiger partial charge in [-0.1, -0.05) is 113 Å². The molecule has 0 heterocycles. The number of hydrogen-bond acceptors (Lipinski definition) is 3. The van der Waals surface area contributed by atoms with Gasteiger partial charge in [-0.05, 0) is 89.9 Å². The van der Waals surface area contributed by atoms with Gasteiger partial charge in [0.15, 0.2) is 0 Å². The highest BCUT2D eigenvalue weighted by Gasteiger charge is 2.66. The average molecular weight is 580 g/mol. The van der Waals surface area contributed by atoms with E-state index in [1.807, 2.05) is 7.11 Å². The Labute approximate surface area is 262 Å². The predicted octanol–water partition coefficient (Wildman–Crippen LogP) is 9.36. The topological polar surface area (TPSA) is 52.3 Å². The predicted molar refractivity (Wildman–Crippen MR) is 181 cm³/mol. The second kappa shape index (κ2) is 10.6. The number of Topliss-reactive ketones (excluding diaryl/α,β-unsaturated/α-hetero) is 1. The Hall–Kier alpha value is -0.865. The van der Waals surface area contributed by atoms with Crippen molar-refractivity contribution in [1.29, 1.82) is 0 Å². The van der Waals surface area contributed by atoms with E-state index in [9.17, 15) is 4.79 Å². The van der Waals surface area contributed by atoms with Crippen LogP contribution in [-0.4, -0.2) is 32.9 Å². The largest absolute Gasteiger partial charge is 0.374 e. The van der Waals surface area contributed by atoms with E-state index >= 15 is 0 Å². The van der Waals surface area contributed by atoms with Crippen LogP contribution >= 0.6 is 0 Å². The number of carbonyl (C=O) groups excluding carboxylic acids is 1. The van der Waals surface area contributed by atoms with Crippen molar-refractivity contribution in [3.8, 4) is 0 Å². The zero-order valence-corrected chi connectivity index (χ0v) is 30.5. The van der Waals surface area contributed by atoms with E-state index in [0.29, 0.717) is 18.4 Å². The molecule has 3 nitrogen and oxygen atoms in total. The summed E-state index contributed by atoms with van der Waals surface area (Å²) >= 11 is 0. The lowest BCUT2D eigenvalue weighted by Crippen LogP contribution is -2.61. The molecule has 3 rings (SSSR count). The summed E-state index contributed by atoms with van der Waals surface area (Å²) in [6, 6.07) is 0. The highest BCUT2D eigenvalue weighted by atomic mass is 16.5. The fourth-order valence-corrected chi connectivity index (χ4v) is 13.2. The molecule has 1 saturated carbocycles. The van der Waals surface area contributed by atoms with Gasteiger partial charge in [0.25, 0.3) is 0 Å². The third kappa shape index (κ3) is 5.56. The molecule has 3 aliphatic rings. The Bertz CT molecular complexity index is 1120. The van der Waals surface area contributed by atoms with E-state index < -0.39 is 5.31 Å². The third-order valence-corrected chi connectivity index (χ3v) is 12.5. The molecule has 0 spiro atoms. The van der Waals surface area contributed by atoms with E-state index in [-0.39, 0.29) is 55.7 Å². The molecule has 42 heavy (non-hydrogen) atoms. The Balaban J connectivity index is 2.48. The van der Waals surface area contributed by atoms with Crippen LogP contribution in [0.1, 0.15) is 130 Å². The van der Waals surface area contributed by atoms with Crippen molar-refractivity contribution in [2.45, 2.75) is 140 Å². The van der Waals surface area contributed by atoms with Crippen LogP contribution < -0.4 is 5.73 Å². The molecule has 8 atom stereocenters. The number of allylic oxidation sites excluding steroid dienone is 3. The minimum atomic E-state index is -0.569. The average Bonchev–Trinajstić information content (AvgIpc) is 2.74. The summed E-state index contributed by atoms with van der Waals surface area (Å²) in [4.78, 5) is 12.8. The monoisotopic (exact) mass is 580 g/mol. The van der Waals surface area contributed by atoms with Crippen LogP contribution in [0.25, 0.3) is 0 Å². The van der Waals surface area contributed by atoms with Crippen molar-refractivity contribution < 1.29 is 9.53 Å². The van der Waals surface area contributed by atoms with Gasteiger partial charge in [0, 0.05) is 25.0 Å². The Morgan fingerprint density at radius 2 is 1.52 bits per heavy atom. The van der Waals surface area contributed by atoms with Gasteiger partial charge in [-0.2, -0.15) is 0 Å². The number of ketones is 1. The van der Waals surface area contributed by atoms with Crippen molar-refractivity contribution in [1.82, 2.24) is 0 Å². The van der Waals surface area contributed by atoms with E-state index in [0.717, 1.165) is 25.7 Å². The summed E-state index contributed by atoms with van der Waals surface area (Å²) in [6.07, 6.45) is 8.90. The normalized spacial score (nSPS) is 38.6. The number of methoxy groups -OCH3 is 1. The van der Waals surface area contributed by atoms with E-state index in [2.05, 4.69) is 109 Å². The standard InChI is InChI=1S/C38H66BNO2/c1-24-17-18-35(12)28-27(24)38(15,42-16)20-19-36(28,13)29(31(3,4)5)33(8,9)22-34(10,11)30(35)37(14,39)23-32(6,7)26(21-40)25(2)41/h17-18,24,26,29-30H,19-23,40H2,1-16H3. The van der Waals surface area contributed by atoms with Gasteiger partial charge in [-0.25, -0.2) is 0 Å². The van der Waals surface area contributed by atoms with Crippen molar-refractivity contribution in [2.75, 3.05) is 13.7 Å². The van der Waals surface area contributed by atoms with Gasteiger partial charge >= 0.3 is 0 Å². The van der Waals surface area contributed by atoms with Crippen LogP contribution in [0.3, 0.4) is 0 Å². The first kappa shape index (κ1) is 35.6. The number of nitrogens with two attached hydrogens (primary N) is 1. The molecule has 0 aromatic carbocycles. The summed E-state index contributed by atoms with van der Waals surface area (Å²) in [5.74, 6) is 0.809. The first-order valence-electron chi connectivity index (χ1n) is 16.7. The SMILES string of the molecule is [B]C(C)(CC(C)(C)C(CN)C(C)=O)C1C(C)(C)CC(C)(C)C(C(C)(C)C)C2(C)CCC(C)(OC)C3=C2C1(C)C=CC3C. The molecule has 0 bridgehead atoms. The molecule has 238 valence electrons. The number of carbonyl (C=O) groups is 1. The molecule has 0 aliphatic heterocycles. The minimum absolute atomic E-state index is 0.0254. The van der Waals surface area contributed by atoms with E-state index in [4.69, 9.17) is 18.3 Å². The van der Waals surface area contributed by atoms with Crippen LogP contribution in [0.5, 0.6) is 0 Å². The van der Waals surface area contributed by atoms with Crippen LogP contribution in [0.15, 0.2) is 23.3 Å². The van der Waals surface area contributed by atoms with Gasteiger partial charge in [0.05, 0.1) is 13.4 Å². The molecule has 8 unspecified atom stereocenters. The molecule has 0 aromatic rings. The van der Waals surface area contributed by atoms with Gasteiger partial charge in [-0.15, -0.1) is 0 Å². The Morgan fingerprint density at radius 1 is 1.00 bits per heavy atom. The fraction of sp³-hybridized carbons (Fsp3) is 0.868. The molecular formula is C38H66BNO2. The number of ether oxygens (including phenoxy) is 1. The van der Waals surface area contributed by atoms with Crippen molar-refractivity contribution in [3.05, 3.63) is 23.3 Å². The summed E-state index contributed by atoms with van der Waals surface area (Å²) in [5, 5.41) is -0.569. The van der Waals surface area contributed by atoms with Crippen LogP contribution in [0.4, 0.5) is 0 Å². The maximum atomic E-state index is 12.8. The minimum Gasteiger partial charge on any atom is -0.374 e. The molecule has 4 heteroatoms. The second-order valence-electron chi connectivity index (χ2n) is 19.0. The number of rotatable bonds is 7. The van der Waals surface area contributed by atoms with Gasteiger partial charge in [0.1, 0.15) is 5.78 Å². The molecular weight excluding hydrogens is 513 g/mol. The third-order valence-electron chi connectivity index (χ3n) is 12.5. The van der Waals surface area contributed by atoms with Crippen LogP contribution in [-0.2, 0) is 9.53 Å². The maximum Gasteiger partial charge on any atom is 0.134 e. The summed E-state index contributed by atoms with van der Waals surface area (Å²) in [5.41, 5.74) is 8.41. The van der Waals surface area contributed by atoms with Crippen molar-refractivity contribution in [3.63, 3.8) is 0 Å². The maximum absolute atomic E-state index is 12.8. The van der Waals surface area contributed by atoms with Crippen LogP contribution in [0, 0.1) is 56.2 Å². The molecule has 2 N–H and O–H groups in total. The molecule has 0 aromatic heterocycles. The highest BCUT2D eigenvalue weighted by molar-refractivity contribution is 6.15. The number of hydrogen-bond donors (Lipinski definition) is 1. The van der Waals surface area contributed by atoms with Gasteiger partial charge in [-0.3, -0.25) is 4.79 Å². The van der Waals surface area contributed by atoms with Crippen LogP contribution in [0.2, 0.25) is 5.31 Å².